The highest BCUT2D eigenvalue weighted by Crippen LogP contribution is 2.17. The molecule has 0 saturated carbocycles. The summed E-state index contributed by atoms with van der Waals surface area (Å²) >= 11 is 0. The number of aryl methyl sites for hydroxylation is 2. The van der Waals surface area contributed by atoms with E-state index in [1.54, 1.807) is 42.5 Å². The van der Waals surface area contributed by atoms with E-state index >= 15 is 0 Å². The summed E-state index contributed by atoms with van der Waals surface area (Å²) < 4.78 is 5.29. The van der Waals surface area contributed by atoms with Gasteiger partial charge >= 0.3 is 5.97 Å². The molecule has 0 unspecified atom stereocenters. The molecule has 0 spiro atoms. The van der Waals surface area contributed by atoms with Crippen LogP contribution in [0.1, 0.15) is 35.6 Å². The van der Waals surface area contributed by atoms with Crippen molar-refractivity contribution >= 4 is 40.2 Å². The molecule has 2 amide bonds. The third-order valence-corrected chi connectivity index (χ3v) is 4.44. The Bertz CT molecular complexity index is 1130. The summed E-state index contributed by atoms with van der Waals surface area (Å²) in [6, 6.07) is 11.5. The Morgan fingerprint density at radius 1 is 0.867 bits per heavy atom. The minimum Gasteiger partial charge on any atom is -0.449 e. The molecule has 8 heteroatoms. The molecular weight excluding hydrogens is 384 g/mol. The van der Waals surface area contributed by atoms with Gasteiger partial charge in [0.25, 0.3) is 5.91 Å². The van der Waals surface area contributed by atoms with Gasteiger partial charge in [-0.05, 0) is 63.2 Å². The number of benzene rings is 2. The Labute approximate surface area is 173 Å². The fourth-order valence-corrected chi connectivity index (χ4v) is 2.72. The molecule has 0 aliphatic heterocycles. The van der Waals surface area contributed by atoms with Crippen molar-refractivity contribution in [2.75, 3.05) is 10.6 Å². The van der Waals surface area contributed by atoms with Gasteiger partial charge in [-0.2, -0.15) is 0 Å². The second-order valence-corrected chi connectivity index (χ2v) is 6.89. The molecular formula is C22H22N4O4. The second-order valence-electron chi connectivity index (χ2n) is 6.89. The molecule has 0 aliphatic rings. The summed E-state index contributed by atoms with van der Waals surface area (Å²) in [6.45, 7) is 6.63. The molecule has 0 fully saturated rings. The van der Waals surface area contributed by atoms with E-state index in [1.807, 2.05) is 13.8 Å². The van der Waals surface area contributed by atoms with Crippen LogP contribution in [-0.4, -0.2) is 33.9 Å². The Balaban J connectivity index is 1.64. The lowest BCUT2D eigenvalue weighted by Gasteiger charge is -2.14. The monoisotopic (exact) mass is 406 g/mol. The van der Waals surface area contributed by atoms with Crippen molar-refractivity contribution in [3.63, 3.8) is 0 Å². The first kappa shape index (κ1) is 20.9. The van der Waals surface area contributed by atoms with Crippen LogP contribution in [0.5, 0.6) is 0 Å². The number of aromatic nitrogens is 2. The molecule has 0 aliphatic carbocycles. The van der Waals surface area contributed by atoms with Crippen LogP contribution in [0.25, 0.3) is 11.0 Å². The van der Waals surface area contributed by atoms with Gasteiger partial charge in [-0.1, -0.05) is 0 Å². The summed E-state index contributed by atoms with van der Waals surface area (Å²) in [5, 5.41) is 5.31. The van der Waals surface area contributed by atoms with Crippen LogP contribution in [0.4, 0.5) is 11.4 Å². The van der Waals surface area contributed by atoms with Crippen LogP contribution < -0.4 is 10.6 Å². The highest BCUT2D eigenvalue weighted by Gasteiger charge is 2.19. The number of hydrogen-bond acceptors (Lipinski definition) is 6. The zero-order valence-corrected chi connectivity index (χ0v) is 17.1. The van der Waals surface area contributed by atoms with Crippen molar-refractivity contribution in [2.45, 2.75) is 33.8 Å². The quantitative estimate of drug-likeness (QED) is 0.629. The first-order valence-corrected chi connectivity index (χ1v) is 9.37. The van der Waals surface area contributed by atoms with Gasteiger partial charge < -0.3 is 15.4 Å². The number of hydrogen-bond donors (Lipinski definition) is 2. The number of esters is 1. The van der Waals surface area contributed by atoms with Crippen molar-refractivity contribution in [1.82, 2.24) is 9.97 Å². The van der Waals surface area contributed by atoms with Gasteiger partial charge in [-0.15, -0.1) is 0 Å². The molecule has 2 aromatic carbocycles. The smallest absolute Gasteiger partial charge is 0.338 e. The van der Waals surface area contributed by atoms with Crippen molar-refractivity contribution < 1.29 is 19.1 Å². The Morgan fingerprint density at radius 3 is 2.03 bits per heavy atom. The van der Waals surface area contributed by atoms with Crippen LogP contribution in [0.3, 0.4) is 0 Å². The maximum Gasteiger partial charge on any atom is 0.338 e. The van der Waals surface area contributed by atoms with Gasteiger partial charge in [0.15, 0.2) is 6.10 Å². The molecule has 1 aromatic heterocycles. The standard InChI is InChI=1S/C22H22N4O4/c1-12-13(2)24-20-11-16(5-10-19(20)23-12)22(29)30-14(3)21(28)26-18-8-6-17(7-9-18)25-15(4)27/h5-11,14H,1-4H3,(H,25,27)(H,26,28)/t14-/m0/s1. The van der Waals surface area contributed by atoms with Crippen LogP contribution in [0, 0.1) is 13.8 Å². The van der Waals surface area contributed by atoms with E-state index < -0.39 is 18.0 Å². The molecule has 3 aromatic rings. The van der Waals surface area contributed by atoms with Crippen molar-refractivity contribution in [2.24, 2.45) is 0 Å². The van der Waals surface area contributed by atoms with E-state index in [0.717, 1.165) is 11.4 Å². The van der Waals surface area contributed by atoms with E-state index in [9.17, 15) is 14.4 Å². The predicted molar refractivity (Wildman–Crippen MR) is 113 cm³/mol. The Kier molecular flexibility index (Phi) is 6.06. The average molecular weight is 406 g/mol. The number of fused-ring (bicyclic) bond motifs is 1. The first-order valence-electron chi connectivity index (χ1n) is 9.37. The number of amides is 2. The fraction of sp³-hybridized carbons (Fsp3) is 0.227. The fourth-order valence-electron chi connectivity index (χ4n) is 2.72. The van der Waals surface area contributed by atoms with Crippen LogP contribution in [0.2, 0.25) is 0 Å². The number of anilines is 2. The predicted octanol–water partition coefficient (Wildman–Crippen LogP) is 3.39. The van der Waals surface area contributed by atoms with Crippen molar-refractivity contribution in [3.8, 4) is 0 Å². The highest BCUT2D eigenvalue weighted by molar-refractivity contribution is 5.98. The van der Waals surface area contributed by atoms with Crippen molar-refractivity contribution in [3.05, 3.63) is 59.4 Å². The summed E-state index contributed by atoms with van der Waals surface area (Å²) in [5.74, 6) is -1.28. The largest absolute Gasteiger partial charge is 0.449 e. The zero-order chi connectivity index (χ0) is 21.8. The Morgan fingerprint density at radius 2 is 1.43 bits per heavy atom. The van der Waals surface area contributed by atoms with E-state index in [4.69, 9.17) is 4.74 Å². The topological polar surface area (TPSA) is 110 Å². The molecule has 2 N–H and O–H groups in total. The number of carbonyl (C=O) groups is 3. The SMILES string of the molecule is CC(=O)Nc1ccc(NC(=O)[C@H](C)OC(=O)c2ccc3nc(C)c(C)nc3c2)cc1. The van der Waals surface area contributed by atoms with Gasteiger partial charge in [-0.25, -0.2) is 14.8 Å². The third-order valence-electron chi connectivity index (χ3n) is 4.44. The van der Waals surface area contributed by atoms with E-state index in [1.165, 1.54) is 13.8 Å². The molecule has 8 nitrogen and oxygen atoms in total. The molecule has 30 heavy (non-hydrogen) atoms. The number of ether oxygens (including phenoxy) is 1. The molecule has 0 bridgehead atoms. The lowest BCUT2D eigenvalue weighted by atomic mass is 10.2. The van der Waals surface area contributed by atoms with Gasteiger partial charge in [-0.3, -0.25) is 9.59 Å². The van der Waals surface area contributed by atoms with Crippen molar-refractivity contribution in [1.29, 1.82) is 0 Å². The van der Waals surface area contributed by atoms with Crippen LogP contribution in [-0.2, 0) is 14.3 Å². The number of rotatable bonds is 5. The number of nitrogens with zero attached hydrogens (tertiary/aromatic N) is 2. The highest BCUT2D eigenvalue weighted by atomic mass is 16.5. The minimum absolute atomic E-state index is 0.183. The van der Waals surface area contributed by atoms with Crippen LogP contribution in [0.15, 0.2) is 42.5 Å². The summed E-state index contributed by atoms with van der Waals surface area (Å²) in [6.07, 6.45) is -1.01. The number of carbonyl (C=O) groups excluding carboxylic acids is 3. The molecule has 0 saturated heterocycles. The Hall–Kier alpha value is -3.81. The normalized spacial score (nSPS) is 11.6. The molecule has 1 heterocycles. The summed E-state index contributed by atoms with van der Waals surface area (Å²) in [4.78, 5) is 44.7. The maximum absolute atomic E-state index is 12.5. The lowest BCUT2D eigenvalue weighted by molar-refractivity contribution is -0.123. The van der Waals surface area contributed by atoms with Gasteiger partial charge in [0, 0.05) is 18.3 Å². The lowest BCUT2D eigenvalue weighted by Crippen LogP contribution is -2.30. The second kappa shape index (κ2) is 8.69. The van der Waals surface area contributed by atoms with Gasteiger partial charge in [0.1, 0.15) is 0 Å². The molecule has 1 atom stereocenters. The zero-order valence-electron chi connectivity index (χ0n) is 17.1. The van der Waals surface area contributed by atoms with Gasteiger partial charge in [0.05, 0.1) is 28.0 Å². The molecule has 154 valence electrons. The average Bonchev–Trinajstić information content (AvgIpc) is 2.69. The molecule has 0 radical (unpaired) electrons. The van der Waals surface area contributed by atoms with E-state index in [-0.39, 0.29) is 5.91 Å². The summed E-state index contributed by atoms with van der Waals surface area (Å²) in [5.41, 5.74) is 4.30. The third kappa shape index (κ3) is 4.96. The van der Waals surface area contributed by atoms with E-state index in [0.29, 0.717) is 28.0 Å². The summed E-state index contributed by atoms with van der Waals surface area (Å²) in [7, 11) is 0. The number of nitrogens with one attached hydrogen (secondary N) is 2. The van der Waals surface area contributed by atoms with E-state index in [2.05, 4.69) is 20.6 Å². The molecule has 3 rings (SSSR count). The van der Waals surface area contributed by atoms with Crippen LogP contribution >= 0.6 is 0 Å². The minimum atomic E-state index is -1.01. The first-order chi connectivity index (χ1) is 14.2. The maximum atomic E-state index is 12.5. The van der Waals surface area contributed by atoms with Gasteiger partial charge in [0.2, 0.25) is 5.91 Å².